The predicted molar refractivity (Wildman–Crippen MR) is 59.9 cm³/mol. The zero-order chi connectivity index (χ0) is 9.54. The molecule has 14 heavy (non-hydrogen) atoms. The van der Waals surface area contributed by atoms with E-state index >= 15 is 0 Å². The van der Waals surface area contributed by atoms with Gasteiger partial charge in [-0.15, -0.1) is 0 Å². The molecule has 2 saturated carbocycles. The maximum absolute atomic E-state index is 2.48. The first-order chi connectivity index (χ1) is 6.86. The topological polar surface area (TPSA) is 0 Å². The Morgan fingerprint density at radius 2 is 1.86 bits per heavy atom. The lowest BCUT2D eigenvalue weighted by Crippen LogP contribution is -2.25. The standard InChI is InChI=1S/C14H20/c1-10-5-4-8-13-12-7-3-2-6-11(12)9-14(10)13/h2-3,6-7,10-14H,4-5,8-9H2,1H3. The number of allylic oxidation sites excluding steroid dienone is 4. The van der Waals surface area contributed by atoms with Gasteiger partial charge in [-0.1, -0.05) is 44.1 Å². The van der Waals surface area contributed by atoms with E-state index in [-0.39, 0.29) is 0 Å². The largest absolute Gasteiger partial charge is 0.0808 e. The number of rotatable bonds is 0. The first kappa shape index (κ1) is 8.76. The molecule has 0 aliphatic heterocycles. The van der Waals surface area contributed by atoms with Crippen molar-refractivity contribution in [3.8, 4) is 0 Å². The summed E-state index contributed by atoms with van der Waals surface area (Å²) >= 11 is 0. The van der Waals surface area contributed by atoms with E-state index < -0.39 is 0 Å². The minimum Gasteiger partial charge on any atom is -0.0808 e. The van der Waals surface area contributed by atoms with Crippen LogP contribution in [0.3, 0.4) is 0 Å². The molecule has 3 aliphatic rings. The highest BCUT2D eigenvalue weighted by molar-refractivity contribution is 5.19. The van der Waals surface area contributed by atoms with Crippen molar-refractivity contribution in [2.24, 2.45) is 29.6 Å². The molecular weight excluding hydrogens is 168 g/mol. The SMILES string of the molecule is CC1CCCC2C3C=CC=CC3CC12. The van der Waals surface area contributed by atoms with Gasteiger partial charge in [0.05, 0.1) is 0 Å². The smallest absolute Gasteiger partial charge is 0.0136 e. The van der Waals surface area contributed by atoms with Crippen LogP contribution in [0.25, 0.3) is 0 Å². The molecule has 0 aromatic heterocycles. The summed E-state index contributed by atoms with van der Waals surface area (Å²) in [6.07, 6.45) is 15.4. The van der Waals surface area contributed by atoms with Crippen LogP contribution in [0.4, 0.5) is 0 Å². The molecule has 0 amide bonds. The summed E-state index contributed by atoms with van der Waals surface area (Å²) in [5.74, 6) is 4.82. The second kappa shape index (κ2) is 3.25. The van der Waals surface area contributed by atoms with Crippen molar-refractivity contribution in [2.75, 3.05) is 0 Å². The molecule has 0 N–H and O–H groups in total. The maximum atomic E-state index is 2.48. The van der Waals surface area contributed by atoms with Crippen molar-refractivity contribution >= 4 is 0 Å². The highest BCUT2D eigenvalue weighted by atomic mass is 14.5. The van der Waals surface area contributed by atoms with Crippen molar-refractivity contribution in [1.82, 2.24) is 0 Å². The van der Waals surface area contributed by atoms with Gasteiger partial charge >= 0.3 is 0 Å². The minimum atomic E-state index is 0.885. The van der Waals surface area contributed by atoms with E-state index in [1.54, 1.807) is 0 Å². The molecule has 0 spiro atoms. The number of hydrogen-bond acceptors (Lipinski definition) is 0. The van der Waals surface area contributed by atoms with Crippen molar-refractivity contribution in [2.45, 2.75) is 32.6 Å². The first-order valence-corrected chi connectivity index (χ1v) is 6.21. The Balaban J connectivity index is 1.87. The highest BCUT2D eigenvalue weighted by Crippen LogP contribution is 2.52. The highest BCUT2D eigenvalue weighted by Gasteiger charge is 2.44. The van der Waals surface area contributed by atoms with Crippen LogP contribution in [0, 0.1) is 29.6 Å². The predicted octanol–water partition coefficient (Wildman–Crippen LogP) is 3.80. The van der Waals surface area contributed by atoms with Gasteiger partial charge in [0, 0.05) is 0 Å². The van der Waals surface area contributed by atoms with Gasteiger partial charge in [-0.2, -0.15) is 0 Å². The molecule has 0 nitrogen and oxygen atoms in total. The Bertz CT molecular complexity index is 274. The van der Waals surface area contributed by atoms with Gasteiger partial charge in [0.2, 0.25) is 0 Å². The van der Waals surface area contributed by atoms with Crippen molar-refractivity contribution in [1.29, 1.82) is 0 Å². The Kier molecular flexibility index (Phi) is 2.04. The van der Waals surface area contributed by atoms with E-state index in [0.29, 0.717) is 0 Å². The van der Waals surface area contributed by atoms with Crippen molar-refractivity contribution in [3.05, 3.63) is 24.3 Å². The first-order valence-electron chi connectivity index (χ1n) is 6.21. The van der Waals surface area contributed by atoms with Gasteiger partial charge in [-0.3, -0.25) is 0 Å². The molecule has 76 valence electrons. The third-order valence-electron chi connectivity index (χ3n) is 4.81. The van der Waals surface area contributed by atoms with Gasteiger partial charge in [0.1, 0.15) is 0 Å². The van der Waals surface area contributed by atoms with E-state index in [9.17, 15) is 0 Å². The van der Waals surface area contributed by atoms with E-state index in [1.807, 2.05) is 0 Å². The fourth-order valence-corrected chi connectivity index (χ4v) is 4.09. The monoisotopic (exact) mass is 188 g/mol. The molecule has 5 atom stereocenters. The summed E-state index contributed by atoms with van der Waals surface area (Å²) in [4.78, 5) is 0. The molecule has 0 bridgehead atoms. The van der Waals surface area contributed by atoms with E-state index in [2.05, 4.69) is 31.2 Å². The van der Waals surface area contributed by atoms with Gasteiger partial charge in [0.15, 0.2) is 0 Å². The Morgan fingerprint density at radius 1 is 1.00 bits per heavy atom. The second-order valence-electron chi connectivity index (χ2n) is 5.48. The molecule has 0 aromatic carbocycles. The lowest BCUT2D eigenvalue weighted by Gasteiger charge is -2.33. The third-order valence-corrected chi connectivity index (χ3v) is 4.81. The fourth-order valence-electron chi connectivity index (χ4n) is 4.09. The molecule has 3 aliphatic carbocycles. The van der Waals surface area contributed by atoms with Crippen LogP contribution in [-0.4, -0.2) is 0 Å². The quantitative estimate of drug-likeness (QED) is 0.542. The number of fused-ring (bicyclic) bond motifs is 3. The molecule has 0 aromatic rings. The second-order valence-corrected chi connectivity index (χ2v) is 5.48. The van der Waals surface area contributed by atoms with Crippen LogP contribution in [0.1, 0.15) is 32.6 Å². The van der Waals surface area contributed by atoms with Crippen LogP contribution < -0.4 is 0 Å². The van der Waals surface area contributed by atoms with Gasteiger partial charge in [0.25, 0.3) is 0 Å². The van der Waals surface area contributed by atoms with Crippen LogP contribution in [0.5, 0.6) is 0 Å². The molecule has 5 unspecified atom stereocenters. The number of hydrogen-bond donors (Lipinski definition) is 0. The van der Waals surface area contributed by atoms with Crippen molar-refractivity contribution < 1.29 is 0 Å². The summed E-state index contributed by atoms with van der Waals surface area (Å²) < 4.78 is 0. The van der Waals surface area contributed by atoms with Crippen LogP contribution in [0.15, 0.2) is 24.3 Å². The van der Waals surface area contributed by atoms with Gasteiger partial charge in [-0.05, 0) is 42.4 Å². The van der Waals surface area contributed by atoms with E-state index in [4.69, 9.17) is 0 Å². The summed E-state index contributed by atoms with van der Waals surface area (Å²) in [7, 11) is 0. The van der Waals surface area contributed by atoms with Gasteiger partial charge < -0.3 is 0 Å². The molecule has 0 heterocycles. The Morgan fingerprint density at radius 3 is 2.79 bits per heavy atom. The van der Waals surface area contributed by atoms with Crippen LogP contribution in [-0.2, 0) is 0 Å². The molecule has 2 fully saturated rings. The molecule has 3 rings (SSSR count). The lowest BCUT2D eigenvalue weighted by molar-refractivity contribution is 0.179. The van der Waals surface area contributed by atoms with Crippen LogP contribution >= 0.6 is 0 Å². The maximum Gasteiger partial charge on any atom is -0.0136 e. The molecule has 0 saturated heterocycles. The zero-order valence-electron chi connectivity index (χ0n) is 9.02. The average Bonchev–Trinajstić information content (AvgIpc) is 2.59. The summed E-state index contributed by atoms with van der Waals surface area (Å²) in [5, 5.41) is 0. The Labute approximate surface area is 87.1 Å². The summed E-state index contributed by atoms with van der Waals surface area (Å²) in [5.41, 5.74) is 0. The van der Waals surface area contributed by atoms with E-state index in [0.717, 1.165) is 29.6 Å². The van der Waals surface area contributed by atoms with Crippen molar-refractivity contribution in [3.63, 3.8) is 0 Å². The Hall–Kier alpha value is -0.520. The summed E-state index contributed by atoms with van der Waals surface area (Å²) in [6, 6.07) is 0. The molecular formula is C14H20. The van der Waals surface area contributed by atoms with E-state index in [1.165, 1.54) is 25.7 Å². The van der Waals surface area contributed by atoms with Crippen LogP contribution in [0.2, 0.25) is 0 Å². The summed E-state index contributed by atoms with van der Waals surface area (Å²) in [6.45, 7) is 2.47. The minimum absolute atomic E-state index is 0.885. The zero-order valence-corrected chi connectivity index (χ0v) is 9.02. The fraction of sp³-hybridized carbons (Fsp3) is 0.714. The average molecular weight is 188 g/mol. The molecule has 0 heteroatoms. The lowest BCUT2D eigenvalue weighted by atomic mass is 9.72. The molecule has 0 radical (unpaired) electrons. The third kappa shape index (κ3) is 1.20. The normalized spacial score (nSPS) is 50.2. The van der Waals surface area contributed by atoms with Gasteiger partial charge in [-0.25, -0.2) is 0 Å².